The summed E-state index contributed by atoms with van der Waals surface area (Å²) in [5.41, 5.74) is 1.29. The molecule has 0 unspecified atom stereocenters. The maximum atomic E-state index is 7.52. The van der Waals surface area contributed by atoms with E-state index in [0.29, 0.717) is 5.36 Å². The first kappa shape index (κ1) is 5.48. The van der Waals surface area contributed by atoms with Crippen LogP contribution in [0.3, 0.4) is 0 Å². The van der Waals surface area contributed by atoms with Gasteiger partial charge in [-0.3, -0.25) is 0 Å². The first-order chi connectivity index (χ1) is 4.52. The van der Waals surface area contributed by atoms with E-state index in [1.165, 1.54) is 11.3 Å². The zero-order valence-electron chi connectivity index (χ0n) is 7.06. The van der Waals surface area contributed by atoms with E-state index in [-0.39, 0.29) is 5.41 Å². The van der Waals surface area contributed by atoms with Crippen LogP contribution in [0.25, 0.3) is 0 Å². The molecule has 0 bridgehead atoms. The van der Waals surface area contributed by atoms with Gasteiger partial charge in [0.05, 0.1) is 1.37 Å². The van der Waals surface area contributed by atoms with Crippen LogP contribution in [0.15, 0.2) is 16.8 Å². The fraction of sp³-hybridized carbons (Fsp3) is 0.500. The molecule has 0 atom stereocenters. The molecule has 0 N–H and O–H groups in total. The van der Waals surface area contributed by atoms with Crippen LogP contribution in [0.5, 0.6) is 0 Å². The Balaban J connectivity index is 3.05. The zero-order chi connectivity index (χ0) is 7.78. The molecule has 0 saturated carbocycles. The van der Waals surface area contributed by atoms with Gasteiger partial charge < -0.3 is 0 Å². The molecular weight excluding hydrogens is 128 g/mol. The molecule has 0 saturated heterocycles. The highest BCUT2D eigenvalue weighted by Gasteiger charge is 2.12. The molecule has 0 aromatic carbocycles. The quantitative estimate of drug-likeness (QED) is 0.521. The lowest BCUT2D eigenvalue weighted by molar-refractivity contribution is 0.593. The van der Waals surface area contributed by atoms with Gasteiger partial charge in [-0.15, -0.1) is 0 Å². The number of thiophene rings is 1. The normalized spacial score (nSPS) is 13.4. The minimum atomic E-state index is 0.136. The lowest BCUT2D eigenvalue weighted by Crippen LogP contribution is -2.08. The highest BCUT2D eigenvalue weighted by atomic mass is 32.1. The second-order valence-electron chi connectivity index (χ2n) is 3.19. The molecule has 0 amide bonds. The van der Waals surface area contributed by atoms with Crippen molar-refractivity contribution in [2.24, 2.45) is 0 Å². The van der Waals surface area contributed by atoms with Gasteiger partial charge in [0.15, 0.2) is 0 Å². The molecule has 1 heterocycles. The van der Waals surface area contributed by atoms with Crippen LogP contribution in [-0.2, 0) is 5.41 Å². The van der Waals surface area contributed by atoms with Crippen molar-refractivity contribution in [1.29, 1.82) is 0 Å². The van der Waals surface area contributed by atoms with Crippen LogP contribution in [0, 0.1) is 0 Å². The average Bonchev–Trinajstić information content (AvgIpc) is 2.11. The van der Waals surface area contributed by atoms with Gasteiger partial charge in [-0.25, -0.2) is 0 Å². The molecule has 1 aromatic rings. The van der Waals surface area contributed by atoms with Gasteiger partial charge in [-0.2, -0.15) is 11.3 Å². The topological polar surface area (TPSA) is 0 Å². The first-order valence-electron chi connectivity index (χ1n) is 3.56. The second-order valence-corrected chi connectivity index (χ2v) is 3.90. The van der Waals surface area contributed by atoms with Gasteiger partial charge in [0, 0.05) is 0 Å². The van der Waals surface area contributed by atoms with Crippen LogP contribution < -0.4 is 0 Å². The Labute approximate surface area is 61.9 Å². The first-order valence-corrected chi connectivity index (χ1v) is 3.94. The van der Waals surface area contributed by atoms with Crippen LogP contribution in [0.4, 0.5) is 0 Å². The minimum absolute atomic E-state index is 0.136. The molecule has 1 aromatic heterocycles. The molecular formula is C8H12S. The maximum absolute atomic E-state index is 7.52. The van der Waals surface area contributed by atoms with Crippen LogP contribution in [0.1, 0.15) is 27.7 Å². The molecule has 0 nitrogen and oxygen atoms in total. The van der Waals surface area contributed by atoms with Gasteiger partial charge in [0.25, 0.3) is 0 Å². The molecule has 0 aliphatic heterocycles. The fourth-order valence-corrected chi connectivity index (χ4v) is 1.41. The standard InChI is InChI=1S/C8H12S/c1-8(2,3)7-4-5-9-6-7/h4-6H,1-3H3/i6D. The number of hydrogen-bond donors (Lipinski definition) is 0. The Morgan fingerprint density at radius 1 is 1.56 bits per heavy atom. The number of hydrogen-bond acceptors (Lipinski definition) is 1. The Morgan fingerprint density at radius 3 is 2.44 bits per heavy atom. The van der Waals surface area contributed by atoms with E-state index in [0.717, 1.165) is 5.56 Å². The second kappa shape index (κ2) is 2.14. The summed E-state index contributed by atoms with van der Waals surface area (Å²) in [6, 6.07) is 2.03. The van der Waals surface area contributed by atoms with Crippen LogP contribution in [0.2, 0.25) is 0 Å². The number of rotatable bonds is 0. The largest absolute Gasteiger partial charge is 0.152 e. The third-order valence-electron chi connectivity index (χ3n) is 1.28. The summed E-state index contributed by atoms with van der Waals surface area (Å²) in [4.78, 5) is 0. The van der Waals surface area contributed by atoms with Gasteiger partial charge in [0.2, 0.25) is 0 Å². The lowest BCUT2D eigenvalue weighted by atomic mass is 9.90. The Kier molecular flexibility index (Phi) is 1.31. The van der Waals surface area contributed by atoms with Crippen LogP contribution >= 0.6 is 11.3 Å². The van der Waals surface area contributed by atoms with Gasteiger partial charge >= 0.3 is 0 Å². The predicted molar refractivity (Wildman–Crippen MR) is 43.0 cm³/mol. The van der Waals surface area contributed by atoms with E-state index in [1.807, 2.05) is 11.4 Å². The summed E-state index contributed by atoms with van der Waals surface area (Å²) >= 11 is 1.50. The van der Waals surface area contributed by atoms with E-state index < -0.39 is 0 Å². The van der Waals surface area contributed by atoms with Crippen molar-refractivity contribution in [1.82, 2.24) is 0 Å². The third-order valence-corrected chi connectivity index (χ3v) is 1.89. The zero-order valence-corrected chi connectivity index (χ0v) is 6.88. The van der Waals surface area contributed by atoms with E-state index >= 15 is 0 Å². The fourth-order valence-electron chi connectivity index (χ4n) is 0.637. The molecule has 0 radical (unpaired) electrons. The van der Waals surface area contributed by atoms with Crippen LogP contribution in [-0.4, -0.2) is 0 Å². The van der Waals surface area contributed by atoms with Crippen molar-refractivity contribution in [3.8, 4) is 0 Å². The average molecular weight is 141 g/mol. The molecule has 0 spiro atoms. The third kappa shape index (κ3) is 1.55. The van der Waals surface area contributed by atoms with Crippen molar-refractivity contribution in [3.05, 3.63) is 22.4 Å². The maximum Gasteiger partial charge on any atom is 0.0743 e. The van der Waals surface area contributed by atoms with Crippen molar-refractivity contribution in [2.75, 3.05) is 0 Å². The van der Waals surface area contributed by atoms with E-state index in [9.17, 15) is 0 Å². The van der Waals surface area contributed by atoms with E-state index in [4.69, 9.17) is 1.37 Å². The van der Waals surface area contributed by atoms with E-state index in [1.54, 1.807) is 0 Å². The van der Waals surface area contributed by atoms with Gasteiger partial charge in [-0.1, -0.05) is 20.8 Å². The Morgan fingerprint density at radius 2 is 2.22 bits per heavy atom. The monoisotopic (exact) mass is 141 g/mol. The highest BCUT2D eigenvalue weighted by molar-refractivity contribution is 7.08. The van der Waals surface area contributed by atoms with Gasteiger partial charge in [0.1, 0.15) is 0 Å². The van der Waals surface area contributed by atoms with Gasteiger partial charge in [-0.05, 0) is 27.8 Å². The summed E-state index contributed by atoms with van der Waals surface area (Å²) in [6.45, 7) is 6.40. The molecule has 50 valence electrons. The molecule has 1 rings (SSSR count). The predicted octanol–water partition coefficient (Wildman–Crippen LogP) is 3.05. The molecule has 0 fully saturated rings. The summed E-state index contributed by atoms with van der Waals surface area (Å²) in [5.74, 6) is 0. The lowest BCUT2D eigenvalue weighted by Gasteiger charge is -2.15. The molecule has 1 heteroatoms. The van der Waals surface area contributed by atoms with Crippen molar-refractivity contribution < 1.29 is 1.37 Å². The molecule has 0 aliphatic carbocycles. The molecule has 0 aliphatic rings. The van der Waals surface area contributed by atoms with E-state index in [2.05, 4.69) is 20.8 Å². The summed E-state index contributed by atoms with van der Waals surface area (Å²) in [5, 5.41) is 2.68. The van der Waals surface area contributed by atoms with Crippen molar-refractivity contribution >= 4 is 11.3 Å². The SMILES string of the molecule is [2H]c1sccc1C(C)(C)C. The van der Waals surface area contributed by atoms with Crippen molar-refractivity contribution in [2.45, 2.75) is 26.2 Å². The smallest absolute Gasteiger partial charge is 0.0743 e. The Hall–Kier alpha value is -0.300. The Bertz CT molecular complexity index is 219. The summed E-state index contributed by atoms with van der Waals surface area (Å²) in [6.07, 6.45) is 0. The summed E-state index contributed by atoms with van der Waals surface area (Å²) in [7, 11) is 0. The highest BCUT2D eigenvalue weighted by Crippen LogP contribution is 2.23. The van der Waals surface area contributed by atoms with Crippen molar-refractivity contribution in [3.63, 3.8) is 0 Å². The molecule has 9 heavy (non-hydrogen) atoms. The minimum Gasteiger partial charge on any atom is -0.152 e. The summed E-state index contributed by atoms with van der Waals surface area (Å²) < 4.78 is 7.52.